The summed E-state index contributed by atoms with van der Waals surface area (Å²) in [5, 5.41) is 0. The van der Waals surface area contributed by atoms with Crippen molar-refractivity contribution in [1.29, 1.82) is 0 Å². The zero-order valence-electron chi connectivity index (χ0n) is 11.2. The van der Waals surface area contributed by atoms with Crippen molar-refractivity contribution in [3.63, 3.8) is 0 Å². The largest absolute Gasteiger partial charge is 0.293 e. The molecule has 0 aromatic heterocycles. The Morgan fingerprint density at radius 3 is 2.63 bits per heavy atom. The van der Waals surface area contributed by atoms with Crippen LogP contribution < -0.4 is 0 Å². The molecule has 0 bridgehead atoms. The highest BCUT2D eigenvalue weighted by Gasteiger charge is 2.28. The maximum absolute atomic E-state index is 12.6. The van der Waals surface area contributed by atoms with Crippen molar-refractivity contribution in [3.05, 3.63) is 70.8 Å². The van der Waals surface area contributed by atoms with Gasteiger partial charge in [-0.25, -0.2) is 0 Å². The molecule has 0 fully saturated rings. The lowest BCUT2D eigenvalue weighted by molar-refractivity contribution is 0.0946. The molecule has 0 radical (unpaired) electrons. The van der Waals surface area contributed by atoms with Gasteiger partial charge in [-0.05, 0) is 36.0 Å². The number of hydrogen-bond acceptors (Lipinski definition) is 1. The summed E-state index contributed by atoms with van der Waals surface area (Å²) >= 11 is 0. The molecule has 0 amide bonds. The highest BCUT2D eigenvalue weighted by Crippen LogP contribution is 2.33. The van der Waals surface area contributed by atoms with Crippen LogP contribution in [0.5, 0.6) is 0 Å². The molecule has 0 saturated heterocycles. The van der Waals surface area contributed by atoms with Crippen LogP contribution in [0.1, 0.15) is 46.3 Å². The van der Waals surface area contributed by atoms with E-state index < -0.39 is 0 Å². The van der Waals surface area contributed by atoms with Gasteiger partial charge < -0.3 is 0 Å². The van der Waals surface area contributed by atoms with Gasteiger partial charge >= 0.3 is 0 Å². The van der Waals surface area contributed by atoms with E-state index >= 15 is 0 Å². The second-order valence-corrected chi connectivity index (χ2v) is 5.21. The third kappa shape index (κ3) is 2.21. The number of aryl methyl sites for hydroxylation is 2. The molecule has 1 atom stereocenters. The zero-order valence-corrected chi connectivity index (χ0v) is 11.2. The number of benzene rings is 2. The van der Waals surface area contributed by atoms with Crippen LogP contribution in [-0.4, -0.2) is 5.78 Å². The first-order valence-corrected chi connectivity index (χ1v) is 7.00. The van der Waals surface area contributed by atoms with Crippen LogP contribution in [0.15, 0.2) is 48.5 Å². The van der Waals surface area contributed by atoms with Crippen LogP contribution in [0, 0.1) is 0 Å². The van der Waals surface area contributed by atoms with E-state index in [2.05, 4.69) is 31.2 Å². The van der Waals surface area contributed by atoms with Crippen molar-refractivity contribution in [1.82, 2.24) is 0 Å². The van der Waals surface area contributed by atoms with Gasteiger partial charge in [0.05, 0.1) is 0 Å². The molecule has 3 rings (SSSR count). The molecule has 1 heteroatoms. The van der Waals surface area contributed by atoms with Crippen molar-refractivity contribution < 1.29 is 4.79 Å². The minimum atomic E-state index is 0.0428. The summed E-state index contributed by atoms with van der Waals surface area (Å²) in [5.74, 6) is 0.330. The predicted molar refractivity (Wildman–Crippen MR) is 77.7 cm³/mol. The highest BCUT2D eigenvalue weighted by molar-refractivity contribution is 6.03. The van der Waals surface area contributed by atoms with Gasteiger partial charge in [0.1, 0.15) is 0 Å². The Bertz CT molecular complexity index is 598. The summed E-state index contributed by atoms with van der Waals surface area (Å²) in [6, 6.07) is 16.5. The maximum atomic E-state index is 12.6. The molecule has 1 aliphatic rings. The van der Waals surface area contributed by atoms with E-state index in [0.29, 0.717) is 0 Å². The Hall–Kier alpha value is -1.89. The van der Waals surface area contributed by atoms with E-state index in [0.717, 1.165) is 30.4 Å². The molecule has 2 aromatic rings. The zero-order chi connectivity index (χ0) is 13.2. The number of rotatable bonds is 2. The van der Waals surface area contributed by atoms with Crippen molar-refractivity contribution in [2.24, 2.45) is 0 Å². The van der Waals surface area contributed by atoms with E-state index in [9.17, 15) is 4.79 Å². The highest BCUT2D eigenvalue weighted by atomic mass is 16.1. The van der Waals surface area contributed by atoms with Gasteiger partial charge in [0, 0.05) is 11.5 Å². The third-order valence-electron chi connectivity index (χ3n) is 4.06. The van der Waals surface area contributed by atoms with Gasteiger partial charge in [-0.1, -0.05) is 55.5 Å². The lowest BCUT2D eigenvalue weighted by Gasteiger charge is -2.24. The van der Waals surface area contributed by atoms with E-state index in [1.54, 1.807) is 0 Å². The Kier molecular flexibility index (Phi) is 3.20. The average molecular weight is 250 g/mol. The number of carbonyl (C=O) groups excluding carboxylic acids is 1. The van der Waals surface area contributed by atoms with Crippen LogP contribution in [0.4, 0.5) is 0 Å². The van der Waals surface area contributed by atoms with E-state index in [4.69, 9.17) is 0 Å². The van der Waals surface area contributed by atoms with Crippen molar-refractivity contribution in [2.45, 2.75) is 32.1 Å². The first kappa shape index (κ1) is 12.2. The van der Waals surface area contributed by atoms with Gasteiger partial charge in [-0.2, -0.15) is 0 Å². The van der Waals surface area contributed by atoms with E-state index in [1.165, 1.54) is 11.1 Å². The number of Topliss-reactive ketones (excluding diaryl/α,β-unsaturated/α-hetero) is 1. The molecule has 0 saturated carbocycles. The van der Waals surface area contributed by atoms with Crippen LogP contribution in [0.2, 0.25) is 0 Å². The average Bonchev–Trinajstić information content (AvgIpc) is 2.48. The maximum Gasteiger partial charge on any atom is 0.170 e. The standard InChI is InChI=1S/C18H18O/c1-2-13-8-10-17-15(12-13)9-11-16(18(17)19)14-6-4-3-5-7-14/h3-8,10,12,16H,2,9,11H2,1H3/t16-/m0/s1. The van der Waals surface area contributed by atoms with Crippen LogP contribution in [-0.2, 0) is 12.8 Å². The molecule has 0 aliphatic heterocycles. The van der Waals surface area contributed by atoms with Gasteiger partial charge in [0.25, 0.3) is 0 Å². The molecule has 1 aliphatic carbocycles. The topological polar surface area (TPSA) is 17.1 Å². The van der Waals surface area contributed by atoms with Crippen LogP contribution in [0.3, 0.4) is 0 Å². The van der Waals surface area contributed by atoms with Gasteiger partial charge in [-0.15, -0.1) is 0 Å². The van der Waals surface area contributed by atoms with Gasteiger partial charge in [0.2, 0.25) is 0 Å². The normalized spacial score (nSPS) is 18.2. The summed E-state index contributed by atoms with van der Waals surface area (Å²) in [4.78, 5) is 12.6. The number of carbonyl (C=O) groups is 1. The fourth-order valence-electron chi connectivity index (χ4n) is 2.94. The molecular weight excluding hydrogens is 232 g/mol. The van der Waals surface area contributed by atoms with Crippen LogP contribution in [0.25, 0.3) is 0 Å². The van der Waals surface area contributed by atoms with E-state index in [1.807, 2.05) is 24.3 Å². The molecule has 1 nitrogen and oxygen atoms in total. The molecular formula is C18H18O. The lowest BCUT2D eigenvalue weighted by Crippen LogP contribution is -2.21. The fraction of sp³-hybridized carbons (Fsp3) is 0.278. The predicted octanol–water partition coefficient (Wildman–Crippen LogP) is 4.16. The molecule has 0 heterocycles. The molecule has 0 N–H and O–H groups in total. The summed E-state index contributed by atoms with van der Waals surface area (Å²) < 4.78 is 0. The first-order valence-electron chi connectivity index (χ1n) is 7.00. The molecule has 0 spiro atoms. The van der Waals surface area contributed by atoms with Gasteiger partial charge in [0.15, 0.2) is 5.78 Å². The Balaban J connectivity index is 1.97. The van der Waals surface area contributed by atoms with E-state index in [-0.39, 0.29) is 11.7 Å². The third-order valence-corrected chi connectivity index (χ3v) is 4.06. The Morgan fingerprint density at radius 2 is 1.89 bits per heavy atom. The summed E-state index contributed by atoms with van der Waals surface area (Å²) in [5.41, 5.74) is 4.64. The number of fused-ring (bicyclic) bond motifs is 1. The van der Waals surface area contributed by atoms with Crippen LogP contribution >= 0.6 is 0 Å². The second-order valence-electron chi connectivity index (χ2n) is 5.21. The van der Waals surface area contributed by atoms with Crippen molar-refractivity contribution in [3.8, 4) is 0 Å². The SMILES string of the molecule is CCc1ccc2c(c1)CC[C@@H](c1ccccc1)C2=O. The number of hydrogen-bond donors (Lipinski definition) is 0. The Labute approximate surface area is 114 Å². The quantitative estimate of drug-likeness (QED) is 0.782. The van der Waals surface area contributed by atoms with Gasteiger partial charge in [-0.3, -0.25) is 4.79 Å². The smallest absolute Gasteiger partial charge is 0.170 e. The molecule has 19 heavy (non-hydrogen) atoms. The summed E-state index contributed by atoms with van der Waals surface area (Å²) in [7, 11) is 0. The minimum absolute atomic E-state index is 0.0428. The minimum Gasteiger partial charge on any atom is -0.293 e. The second kappa shape index (κ2) is 5.00. The Morgan fingerprint density at radius 1 is 1.11 bits per heavy atom. The summed E-state index contributed by atoms with van der Waals surface area (Å²) in [6.07, 6.45) is 2.97. The fourth-order valence-corrected chi connectivity index (χ4v) is 2.94. The molecule has 96 valence electrons. The summed E-state index contributed by atoms with van der Waals surface area (Å²) in [6.45, 7) is 2.15. The first-order chi connectivity index (χ1) is 9.29. The molecule has 2 aromatic carbocycles. The van der Waals surface area contributed by atoms with Crippen molar-refractivity contribution >= 4 is 5.78 Å². The monoisotopic (exact) mass is 250 g/mol. The number of ketones is 1. The van der Waals surface area contributed by atoms with Crippen molar-refractivity contribution in [2.75, 3.05) is 0 Å². The lowest BCUT2D eigenvalue weighted by atomic mass is 9.78. The molecule has 0 unspecified atom stereocenters.